The zero-order valence-electron chi connectivity index (χ0n) is 15.7. The molecule has 2 fully saturated rings. The highest BCUT2D eigenvalue weighted by Gasteiger charge is 2.22. The Morgan fingerprint density at radius 1 is 1.22 bits per heavy atom. The molecule has 0 unspecified atom stereocenters. The van der Waals surface area contributed by atoms with Crippen molar-refractivity contribution >= 4 is 5.82 Å². The topological polar surface area (TPSA) is 70.2 Å². The molecular weight excluding hydrogens is 340 g/mol. The van der Waals surface area contributed by atoms with E-state index < -0.39 is 0 Å². The normalized spacial score (nSPS) is 20.7. The number of anilines is 1. The molecule has 0 radical (unpaired) electrons. The summed E-state index contributed by atoms with van der Waals surface area (Å²) < 4.78 is 6.11. The zero-order chi connectivity index (χ0) is 18.5. The molecule has 0 amide bonds. The van der Waals surface area contributed by atoms with Gasteiger partial charge in [-0.1, -0.05) is 12.1 Å². The van der Waals surface area contributed by atoms with Gasteiger partial charge >= 0.3 is 0 Å². The molecule has 2 aliphatic rings. The third kappa shape index (κ3) is 4.69. The predicted molar refractivity (Wildman–Crippen MR) is 106 cm³/mol. The minimum absolute atomic E-state index is 0.116. The molecule has 4 rings (SSSR count). The quantitative estimate of drug-likeness (QED) is 0.820. The summed E-state index contributed by atoms with van der Waals surface area (Å²) >= 11 is 0. The molecule has 1 saturated heterocycles. The van der Waals surface area contributed by atoms with Crippen LogP contribution in [0.15, 0.2) is 41.5 Å². The van der Waals surface area contributed by atoms with E-state index in [9.17, 15) is 4.79 Å². The lowest BCUT2D eigenvalue weighted by Crippen LogP contribution is -2.47. The van der Waals surface area contributed by atoms with E-state index in [1.165, 1.54) is 31.2 Å². The number of H-pyrrole nitrogens is 1. The van der Waals surface area contributed by atoms with Gasteiger partial charge in [0.25, 0.3) is 5.56 Å². The van der Waals surface area contributed by atoms with Crippen LogP contribution >= 0.6 is 0 Å². The number of aromatic amines is 1. The van der Waals surface area contributed by atoms with Crippen molar-refractivity contribution in [2.75, 3.05) is 18.0 Å². The molecule has 6 heteroatoms. The molecule has 2 heterocycles. The number of hydrogen-bond acceptors (Lipinski definition) is 5. The average molecular weight is 368 g/mol. The van der Waals surface area contributed by atoms with Crippen molar-refractivity contribution in [1.29, 1.82) is 0 Å². The Morgan fingerprint density at radius 3 is 2.96 bits per heavy atom. The van der Waals surface area contributed by atoms with Crippen molar-refractivity contribution in [3.63, 3.8) is 0 Å². The van der Waals surface area contributed by atoms with Crippen LogP contribution in [0.1, 0.15) is 44.1 Å². The van der Waals surface area contributed by atoms with Crippen LogP contribution in [0.2, 0.25) is 0 Å². The summed E-state index contributed by atoms with van der Waals surface area (Å²) in [5, 5.41) is 3.64. The van der Waals surface area contributed by atoms with Gasteiger partial charge in [-0.2, -0.15) is 0 Å². The maximum absolute atomic E-state index is 12.0. The van der Waals surface area contributed by atoms with E-state index in [-0.39, 0.29) is 5.56 Å². The van der Waals surface area contributed by atoms with Gasteiger partial charge in [0, 0.05) is 38.1 Å². The van der Waals surface area contributed by atoms with E-state index >= 15 is 0 Å². The van der Waals surface area contributed by atoms with Crippen LogP contribution in [0.3, 0.4) is 0 Å². The molecule has 1 aromatic carbocycles. The zero-order valence-corrected chi connectivity index (χ0v) is 15.7. The highest BCUT2D eigenvalue weighted by molar-refractivity contribution is 5.36. The molecule has 1 atom stereocenters. The molecule has 6 nitrogen and oxygen atoms in total. The Hall–Kier alpha value is -2.34. The molecule has 1 aliphatic heterocycles. The molecule has 27 heavy (non-hydrogen) atoms. The number of ether oxygens (including phenoxy) is 1. The predicted octanol–water partition coefficient (Wildman–Crippen LogP) is 2.85. The van der Waals surface area contributed by atoms with E-state index in [2.05, 4.69) is 44.5 Å². The molecular formula is C21H28N4O2. The number of benzene rings is 1. The second-order valence-electron chi connectivity index (χ2n) is 7.58. The van der Waals surface area contributed by atoms with E-state index in [0.717, 1.165) is 38.2 Å². The van der Waals surface area contributed by atoms with Gasteiger partial charge < -0.3 is 19.9 Å². The largest absolute Gasteiger partial charge is 0.490 e. The Morgan fingerprint density at radius 2 is 2.11 bits per heavy atom. The molecule has 2 aromatic rings. The minimum Gasteiger partial charge on any atom is -0.490 e. The average Bonchev–Trinajstić information content (AvgIpc) is 3.20. The van der Waals surface area contributed by atoms with Crippen molar-refractivity contribution in [2.24, 2.45) is 0 Å². The van der Waals surface area contributed by atoms with Crippen molar-refractivity contribution in [2.45, 2.75) is 57.2 Å². The van der Waals surface area contributed by atoms with Gasteiger partial charge in [0.1, 0.15) is 5.75 Å². The standard InChI is InChI=1S/C21H28N4O2/c26-21-20(22-10-11-23-21)25-12-4-6-17(15-25)24-14-16-5-3-9-19(13-16)27-18-7-1-2-8-18/h3,5,9-11,13,17-18,24H,1-2,4,6-8,12,14-15H2,(H,23,26)/t17-/m1/s1. The monoisotopic (exact) mass is 368 g/mol. The van der Waals surface area contributed by atoms with Crippen LogP contribution in [0, 0.1) is 0 Å². The van der Waals surface area contributed by atoms with Crippen LogP contribution < -0.4 is 20.5 Å². The van der Waals surface area contributed by atoms with Gasteiger partial charge in [-0.05, 0) is 56.2 Å². The second-order valence-corrected chi connectivity index (χ2v) is 7.58. The van der Waals surface area contributed by atoms with Crippen LogP contribution in [0.4, 0.5) is 5.82 Å². The Kier molecular flexibility index (Phi) is 5.72. The lowest BCUT2D eigenvalue weighted by molar-refractivity contribution is 0.210. The first-order valence-corrected chi connectivity index (χ1v) is 10.1. The third-order valence-electron chi connectivity index (χ3n) is 5.51. The second kappa shape index (κ2) is 8.57. The van der Waals surface area contributed by atoms with Crippen LogP contribution in [-0.4, -0.2) is 35.2 Å². The molecule has 1 saturated carbocycles. The lowest BCUT2D eigenvalue weighted by atomic mass is 10.1. The fourth-order valence-corrected chi connectivity index (χ4v) is 4.09. The molecule has 0 spiro atoms. The van der Waals surface area contributed by atoms with Crippen molar-refractivity contribution in [1.82, 2.24) is 15.3 Å². The first-order chi connectivity index (χ1) is 13.3. The maximum atomic E-state index is 12.0. The molecule has 1 aliphatic carbocycles. The fourth-order valence-electron chi connectivity index (χ4n) is 4.09. The number of hydrogen-bond donors (Lipinski definition) is 2. The summed E-state index contributed by atoms with van der Waals surface area (Å²) in [6, 6.07) is 8.76. The van der Waals surface area contributed by atoms with E-state index in [1.807, 2.05) is 0 Å². The number of rotatable bonds is 6. The SMILES string of the molecule is O=c1[nH]ccnc1N1CCC[C@@H](NCc2cccc(OC3CCCC3)c2)C1. The summed E-state index contributed by atoms with van der Waals surface area (Å²) in [4.78, 5) is 21.0. The van der Waals surface area contributed by atoms with Gasteiger partial charge in [-0.25, -0.2) is 4.98 Å². The minimum atomic E-state index is -0.116. The van der Waals surface area contributed by atoms with Gasteiger partial charge in [0.15, 0.2) is 5.82 Å². The maximum Gasteiger partial charge on any atom is 0.290 e. The summed E-state index contributed by atoms with van der Waals surface area (Å²) in [5.74, 6) is 1.50. The third-order valence-corrected chi connectivity index (χ3v) is 5.51. The van der Waals surface area contributed by atoms with Gasteiger partial charge in [0.2, 0.25) is 0 Å². The fraction of sp³-hybridized carbons (Fsp3) is 0.524. The first-order valence-electron chi connectivity index (χ1n) is 10.1. The summed E-state index contributed by atoms with van der Waals surface area (Å²) in [7, 11) is 0. The molecule has 2 N–H and O–H groups in total. The molecule has 0 bridgehead atoms. The van der Waals surface area contributed by atoms with E-state index in [4.69, 9.17) is 4.74 Å². The van der Waals surface area contributed by atoms with Crippen LogP contribution in [-0.2, 0) is 6.54 Å². The Bertz CT molecular complexity index is 801. The van der Waals surface area contributed by atoms with E-state index in [1.54, 1.807) is 12.4 Å². The number of nitrogens with one attached hydrogen (secondary N) is 2. The smallest absolute Gasteiger partial charge is 0.290 e. The van der Waals surface area contributed by atoms with Gasteiger partial charge in [-0.15, -0.1) is 0 Å². The number of aromatic nitrogens is 2. The number of piperidine rings is 1. The van der Waals surface area contributed by atoms with Crippen LogP contribution in [0.5, 0.6) is 5.75 Å². The lowest BCUT2D eigenvalue weighted by Gasteiger charge is -2.33. The highest BCUT2D eigenvalue weighted by Crippen LogP contribution is 2.24. The number of nitrogens with zero attached hydrogens (tertiary/aromatic N) is 2. The van der Waals surface area contributed by atoms with E-state index in [0.29, 0.717) is 18.0 Å². The summed E-state index contributed by atoms with van der Waals surface area (Å²) in [6.45, 7) is 2.49. The van der Waals surface area contributed by atoms with Gasteiger partial charge in [-0.3, -0.25) is 4.79 Å². The highest BCUT2D eigenvalue weighted by atomic mass is 16.5. The Labute approximate surface area is 160 Å². The van der Waals surface area contributed by atoms with Crippen LogP contribution in [0.25, 0.3) is 0 Å². The van der Waals surface area contributed by atoms with Crippen molar-refractivity contribution < 1.29 is 4.74 Å². The Balaban J connectivity index is 1.33. The summed E-state index contributed by atoms with van der Waals surface area (Å²) in [5.41, 5.74) is 1.12. The van der Waals surface area contributed by atoms with Gasteiger partial charge in [0.05, 0.1) is 6.10 Å². The van der Waals surface area contributed by atoms with Crippen molar-refractivity contribution in [3.8, 4) is 5.75 Å². The molecule has 144 valence electrons. The van der Waals surface area contributed by atoms with Crippen molar-refractivity contribution in [3.05, 3.63) is 52.6 Å². The summed E-state index contributed by atoms with van der Waals surface area (Å²) in [6.07, 6.45) is 10.7. The molecule has 1 aromatic heterocycles. The first kappa shape index (κ1) is 18.0.